The number of rotatable bonds is 6. The topological polar surface area (TPSA) is 77.2 Å². The second-order valence-corrected chi connectivity index (χ2v) is 5.53. The van der Waals surface area contributed by atoms with Crippen LogP contribution in [0, 0.1) is 6.92 Å². The second-order valence-electron chi connectivity index (χ2n) is 5.53. The molecule has 0 atom stereocenters. The molecule has 0 aliphatic heterocycles. The van der Waals surface area contributed by atoms with Crippen LogP contribution in [0.25, 0.3) is 22.8 Å². The smallest absolute Gasteiger partial charge is 0.262 e. The fraction of sp³-hybridized carbons (Fsp3) is 0.211. The minimum absolute atomic E-state index is 0.0657. The maximum absolute atomic E-state index is 11.6. The summed E-state index contributed by atoms with van der Waals surface area (Å²) in [5.74, 6) is 1.21. The van der Waals surface area contributed by atoms with Crippen LogP contribution in [0.15, 0.2) is 53.1 Å². The number of carbonyl (C=O) groups excluding carboxylic acids is 1. The average molecular weight is 337 g/mol. The zero-order chi connectivity index (χ0) is 17.6. The Kier molecular flexibility index (Phi) is 5.09. The number of para-hydroxylation sites is 1. The summed E-state index contributed by atoms with van der Waals surface area (Å²) in [6.45, 7) is 4.36. The van der Waals surface area contributed by atoms with Crippen LogP contribution in [0.5, 0.6) is 5.75 Å². The van der Waals surface area contributed by atoms with Gasteiger partial charge in [0.05, 0.1) is 5.56 Å². The van der Waals surface area contributed by atoms with Gasteiger partial charge in [-0.3, -0.25) is 4.79 Å². The predicted molar refractivity (Wildman–Crippen MR) is 94.1 cm³/mol. The lowest BCUT2D eigenvalue weighted by molar-refractivity contribution is -0.122. The van der Waals surface area contributed by atoms with E-state index in [1.54, 1.807) is 6.07 Å². The van der Waals surface area contributed by atoms with Crippen molar-refractivity contribution in [2.24, 2.45) is 0 Å². The molecule has 0 fully saturated rings. The molecule has 3 rings (SSSR count). The SMILES string of the molecule is CCNC(=O)COc1ccccc1-c1nc(-c2cccc(C)c2)no1. The van der Waals surface area contributed by atoms with Crippen molar-refractivity contribution in [3.8, 4) is 28.6 Å². The van der Waals surface area contributed by atoms with E-state index in [-0.39, 0.29) is 12.5 Å². The first-order valence-electron chi connectivity index (χ1n) is 8.07. The van der Waals surface area contributed by atoms with Crippen LogP contribution in [-0.4, -0.2) is 29.2 Å². The van der Waals surface area contributed by atoms with Crippen molar-refractivity contribution in [1.29, 1.82) is 0 Å². The normalized spacial score (nSPS) is 10.5. The van der Waals surface area contributed by atoms with Crippen LogP contribution < -0.4 is 10.1 Å². The van der Waals surface area contributed by atoms with Crippen LogP contribution >= 0.6 is 0 Å². The summed E-state index contributed by atoms with van der Waals surface area (Å²) in [7, 11) is 0. The van der Waals surface area contributed by atoms with Gasteiger partial charge in [0, 0.05) is 12.1 Å². The van der Waals surface area contributed by atoms with E-state index in [9.17, 15) is 4.79 Å². The van der Waals surface area contributed by atoms with Crippen molar-refractivity contribution in [2.75, 3.05) is 13.2 Å². The summed E-state index contributed by atoms with van der Waals surface area (Å²) >= 11 is 0. The van der Waals surface area contributed by atoms with Gasteiger partial charge in [-0.25, -0.2) is 0 Å². The quantitative estimate of drug-likeness (QED) is 0.747. The van der Waals surface area contributed by atoms with E-state index in [4.69, 9.17) is 9.26 Å². The molecule has 1 aromatic heterocycles. The Hall–Kier alpha value is -3.15. The van der Waals surface area contributed by atoms with Crippen molar-refractivity contribution in [2.45, 2.75) is 13.8 Å². The van der Waals surface area contributed by atoms with Crippen LogP contribution in [-0.2, 0) is 4.79 Å². The molecule has 6 nitrogen and oxygen atoms in total. The van der Waals surface area contributed by atoms with E-state index in [1.165, 1.54) is 0 Å². The number of amides is 1. The van der Waals surface area contributed by atoms with E-state index >= 15 is 0 Å². The summed E-state index contributed by atoms with van der Waals surface area (Å²) in [4.78, 5) is 16.1. The minimum Gasteiger partial charge on any atom is -0.483 e. The number of likely N-dealkylation sites (N-methyl/N-ethyl adjacent to an activating group) is 1. The van der Waals surface area contributed by atoms with Gasteiger partial charge >= 0.3 is 0 Å². The molecule has 0 saturated heterocycles. The Bertz CT molecular complexity index is 874. The first-order chi connectivity index (χ1) is 12.2. The number of benzene rings is 2. The standard InChI is InChI=1S/C19H19N3O3/c1-3-20-17(23)12-24-16-10-5-4-9-15(16)19-21-18(22-25-19)14-8-6-7-13(2)11-14/h4-11H,3,12H2,1-2H3,(H,20,23). The maximum Gasteiger partial charge on any atom is 0.262 e. The Labute approximate surface area is 145 Å². The van der Waals surface area contributed by atoms with Crippen molar-refractivity contribution in [3.63, 3.8) is 0 Å². The van der Waals surface area contributed by atoms with Crippen molar-refractivity contribution >= 4 is 5.91 Å². The Morgan fingerprint density at radius 3 is 2.84 bits per heavy atom. The molecular formula is C19H19N3O3. The Morgan fingerprint density at radius 2 is 2.04 bits per heavy atom. The van der Waals surface area contributed by atoms with Gasteiger partial charge in [-0.15, -0.1) is 0 Å². The van der Waals surface area contributed by atoms with Crippen LogP contribution in [0.4, 0.5) is 0 Å². The third-order valence-corrected chi connectivity index (χ3v) is 3.55. The zero-order valence-corrected chi connectivity index (χ0v) is 14.2. The largest absolute Gasteiger partial charge is 0.483 e. The highest BCUT2D eigenvalue weighted by atomic mass is 16.5. The molecule has 6 heteroatoms. The first kappa shape index (κ1) is 16.7. The zero-order valence-electron chi connectivity index (χ0n) is 14.2. The fourth-order valence-electron chi connectivity index (χ4n) is 2.39. The molecule has 0 spiro atoms. The molecule has 0 radical (unpaired) electrons. The van der Waals surface area contributed by atoms with Gasteiger partial charge < -0.3 is 14.6 Å². The second kappa shape index (κ2) is 7.61. The molecule has 128 valence electrons. The molecule has 0 aliphatic rings. The molecule has 1 amide bonds. The van der Waals surface area contributed by atoms with E-state index in [0.29, 0.717) is 29.6 Å². The molecule has 3 aromatic rings. The third-order valence-electron chi connectivity index (χ3n) is 3.55. The predicted octanol–water partition coefficient (Wildman–Crippen LogP) is 3.23. The molecule has 25 heavy (non-hydrogen) atoms. The molecule has 0 aliphatic carbocycles. The van der Waals surface area contributed by atoms with E-state index in [0.717, 1.165) is 11.1 Å². The van der Waals surface area contributed by atoms with Gasteiger partial charge in [-0.2, -0.15) is 4.98 Å². The number of hydrogen-bond acceptors (Lipinski definition) is 5. The van der Waals surface area contributed by atoms with Gasteiger partial charge in [0.15, 0.2) is 6.61 Å². The Balaban J connectivity index is 1.84. The molecule has 2 aromatic carbocycles. The highest BCUT2D eigenvalue weighted by molar-refractivity contribution is 5.77. The van der Waals surface area contributed by atoms with E-state index in [2.05, 4.69) is 15.5 Å². The van der Waals surface area contributed by atoms with Crippen LogP contribution in [0.1, 0.15) is 12.5 Å². The third kappa shape index (κ3) is 4.03. The summed E-state index contributed by atoms with van der Waals surface area (Å²) < 4.78 is 11.0. The lowest BCUT2D eigenvalue weighted by Crippen LogP contribution is -2.28. The lowest BCUT2D eigenvalue weighted by Gasteiger charge is -2.08. The first-order valence-corrected chi connectivity index (χ1v) is 8.07. The number of carbonyl (C=O) groups is 1. The number of aryl methyl sites for hydroxylation is 1. The van der Waals surface area contributed by atoms with Crippen molar-refractivity contribution in [1.82, 2.24) is 15.5 Å². The van der Waals surface area contributed by atoms with E-state index < -0.39 is 0 Å². The maximum atomic E-state index is 11.6. The highest BCUT2D eigenvalue weighted by Gasteiger charge is 2.15. The Morgan fingerprint density at radius 1 is 1.20 bits per heavy atom. The van der Waals surface area contributed by atoms with E-state index in [1.807, 2.05) is 56.3 Å². The number of aromatic nitrogens is 2. The fourth-order valence-corrected chi connectivity index (χ4v) is 2.39. The van der Waals surface area contributed by atoms with Gasteiger partial charge in [0.1, 0.15) is 5.75 Å². The van der Waals surface area contributed by atoms with Gasteiger partial charge in [0.2, 0.25) is 5.82 Å². The number of ether oxygens (including phenoxy) is 1. The number of hydrogen-bond donors (Lipinski definition) is 1. The molecule has 0 bridgehead atoms. The number of nitrogens with zero attached hydrogens (tertiary/aromatic N) is 2. The molecule has 0 saturated carbocycles. The molecule has 1 heterocycles. The van der Waals surface area contributed by atoms with Crippen LogP contribution in [0.2, 0.25) is 0 Å². The minimum atomic E-state index is -0.178. The monoisotopic (exact) mass is 337 g/mol. The van der Waals surface area contributed by atoms with Gasteiger partial charge in [0.25, 0.3) is 11.8 Å². The van der Waals surface area contributed by atoms with Gasteiger partial charge in [-0.05, 0) is 32.0 Å². The van der Waals surface area contributed by atoms with Gasteiger partial charge in [-0.1, -0.05) is 41.1 Å². The molecular weight excluding hydrogens is 318 g/mol. The summed E-state index contributed by atoms with van der Waals surface area (Å²) in [5, 5.41) is 6.74. The van der Waals surface area contributed by atoms with Crippen molar-refractivity contribution < 1.29 is 14.1 Å². The summed E-state index contributed by atoms with van der Waals surface area (Å²) in [6.07, 6.45) is 0. The summed E-state index contributed by atoms with van der Waals surface area (Å²) in [5.41, 5.74) is 2.66. The average Bonchev–Trinajstić information content (AvgIpc) is 3.10. The molecule has 1 N–H and O–H groups in total. The van der Waals surface area contributed by atoms with Crippen LogP contribution in [0.3, 0.4) is 0 Å². The summed E-state index contributed by atoms with van der Waals surface area (Å²) in [6, 6.07) is 15.1. The number of nitrogens with one attached hydrogen (secondary N) is 1. The molecule has 0 unspecified atom stereocenters. The lowest BCUT2D eigenvalue weighted by atomic mass is 10.1. The van der Waals surface area contributed by atoms with Crippen molar-refractivity contribution in [3.05, 3.63) is 54.1 Å². The highest BCUT2D eigenvalue weighted by Crippen LogP contribution is 2.30.